The van der Waals surface area contributed by atoms with Crippen LogP contribution in [-0.4, -0.2) is 52.8 Å². The van der Waals surface area contributed by atoms with E-state index in [-0.39, 0.29) is 0 Å². The standard InChI is InChI=1S/C10H4F17IO2/c11-3(1-2-28,6(15,16)17)29-10(26,27)5(14,8(21,22)23)30-9(24,25)4(12,13)7(18,19)20/h1-2H2. The number of rotatable bonds is 8. The zero-order valence-electron chi connectivity index (χ0n) is 13.0. The number of halogens is 18. The zero-order chi connectivity index (χ0) is 24.8. The van der Waals surface area contributed by atoms with Gasteiger partial charge in [-0.25, -0.2) is 4.39 Å². The van der Waals surface area contributed by atoms with Crippen molar-refractivity contribution in [2.45, 2.75) is 54.8 Å². The minimum atomic E-state index is -7.81. The maximum Gasteiger partial charge on any atom is 0.462 e. The fourth-order valence-electron chi connectivity index (χ4n) is 1.33. The van der Waals surface area contributed by atoms with Crippen molar-refractivity contribution in [3.8, 4) is 0 Å². The molecule has 182 valence electrons. The molecule has 0 fully saturated rings. The summed E-state index contributed by atoms with van der Waals surface area (Å²) in [6, 6.07) is 0. The number of alkyl halides is 18. The fourth-order valence-corrected chi connectivity index (χ4v) is 2.02. The first-order valence-electron chi connectivity index (χ1n) is 6.40. The average Bonchev–Trinajstić information content (AvgIpc) is 2.42. The van der Waals surface area contributed by atoms with E-state index in [0.29, 0.717) is 0 Å². The fraction of sp³-hybridized carbons (Fsp3) is 1.00. The lowest BCUT2D eigenvalue weighted by Crippen LogP contribution is -2.67. The van der Waals surface area contributed by atoms with Crippen LogP contribution in [0, 0.1) is 0 Å². The Hall–Kier alpha value is -0.540. The molecule has 0 spiro atoms. The quantitative estimate of drug-likeness (QED) is 0.175. The summed E-state index contributed by atoms with van der Waals surface area (Å²) in [6.45, 7) is 0. The highest BCUT2D eigenvalue weighted by atomic mass is 127. The Labute approximate surface area is 166 Å². The Morgan fingerprint density at radius 3 is 1.17 bits per heavy atom. The lowest BCUT2D eigenvalue weighted by Gasteiger charge is -2.40. The van der Waals surface area contributed by atoms with E-state index in [1.54, 1.807) is 0 Å². The van der Waals surface area contributed by atoms with Gasteiger partial charge in [0.25, 0.3) is 0 Å². The Kier molecular flexibility index (Phi) is 7.96. The largest absolute Gasteiger partial charge is 0.462 e. The van der Waals surface area contributed by atoms with Crippen LogP contribution in [0.4, 0.5) is 74.6 Å². The van der Waals surface area contributed by atoms with Crippen molar-refractivity contribution in [3.63, 3.8) is 0 Å². The minimum Gasteiger partial charge on any atom is -0.270 e. The van der Waals surface area contributed by atoms with Gasteiger partial charge in [-0.1, -0.05) is 22.6 Å². The summed E-state index contributed by atoms with van der Waals surface area (Å²) in [5.74, 6) is -21.5. The van der Waals surface area contributed by atoms with Gasteiger partial charge in [-0.3, -0.25) is 9.47 Å². The molecule has 0 aliphatic rings. The third-order valence-corrected chi connectivity index (χ3v) is 3.40. The van der Waals surface area contributed by atoms with Gasteiger partial charge in [0.15, 0.2) is 0 Å². The molecule has 0 saturated carbocycles. The molecule has 0 aromatic heterocycles. The maximum atomic E-state index is 13.7. The molecule has 0 aromatic carbocycles. The lowest BCUT2D eigenvalue weighted by atomic mass is 10.2. The number of hydrogen-bond acceptors (Lipinski definition) is 2. The summed E-state index contributed by atoms with van der Waals surface area (Å²) in [7, 11) is 0. The highest BCUT2D eigenvalue weighted by molar-refractivity contribution is 14.1. The van der Waals surface area contributed by atoms with Gasteiger partial charge in [-0.15, -0.1) is 0 Å². The lowest BCUT2D eigenvalue weighted by molar-refractivity contribution is -0.552. The van der Waals surface area contributed by atoms with E-state index >= 15 is 0 Å². The Bertz CT molecular complexity index is 595. The van der Waals surface area contributed by atoms with Crippen LogP contribution in [0.2, 0.25) is 0 Å². The second kappa shape index (κ2) is 8.10. The van der Waals surface area contributed by atoms with Crippen molar-refractivity contribution in [2.24, 2.45) is 0 Å². The molecule has 0 radical (unpaired) electrons. The molecule has 0 aliphatic carbocycles. The van der Waals surface area contributed by atoms with Crippen molar-refractivity contribution in [1.82, 2.24) is 0 Å². The Morgan fingerprint density at radius 1 is 0.500 bits per heavy atom. The molecule has 20 heteroatoms. The molecule has 30 heavy (non-hydrogen) atoms. The molecule has 2 unspecified atom stereocenters. The smallest absolute Gasteiger partial charge is 0.270 e. The van der Waals surface area contributed by atoms with Gasteiger partial charge in [-0.05, 0) is 0 Å². The molecule has 0 bridgehead atoms. The molecule has 0 heterocycles. The molecule has 0 aliphatic heterocycles. The van der Waals surface area contributed by atoms with Gasteiger partial charge in [0, 0.05) is 10.8 Å². The highest BCUT2D eigenvalue weighted by Gasteiger charge is 2.84. The third-order valence-electron chi connectivity index (χ3n) is 2.86. The van der Waals surface area contributed by atoms with Crippen molar-refractivity contribution >= 4 is 22.6 Å². The van der Waals surface area contributed by atoms with Crippen molar-refractivity contribution in [3.05, 3.63) is 0 Å². The van der Waals surface area contributed by atoms with Crippen LogP contribution >= 0.6 is 22.6 Å². The van der Waals surface area contributed by atoms with E-state index in [9.17, 15) is 74.6 Å². The first kappa shape index (κ1) is 29.5. The van der Waals surface area contributed by atoms with Crippen LogP contribution in [0.3, 0.4) is 0 Å². The predicted molar refractivity (Wildman–Crippen MR) is 66.4 cm³/mol. The Morgan fingerprint density at radius 2 is 0.900 bits per heavy atom. The molecule has 0 aromatic rings. The monoisotopic (exact) mass is 606 g/mol. The van der Waals surface area contributed by atoms with Crippen molar-refractivity contribution in [2.75, 3.05) is 4.43 Å². The van der Waals surface area contributed by atoms with E-state index in [2.05, 4.69) is 4.74 Å². The summed E-state index contributed by atoms with van der Waals surface area (Å²) in [5, 5.41) is 0. The number of hydrogen-bond donors (Lipinski definition) is 0. The summed E-state index contributed by atoms with van der Waals surface area (Å²) in [4.78, 5) is 0. The van der Waals surface area contributed by atoms with E-state index in [1.165, 1.54) is 4.74 Å². The van der Waals surface area contributed by atoms with Gasteiger partial charge in [0.1, 0.15) is 0 Å². The van der Waals surface area contributed by atoms with Crippen LogP contribution in [-0.2, 0) is 9.47 Å². The zero-order valence-corrected chi connectivity index (χ0v) is 15.2. The number of ether oxygens (including phenoxy) is 2. The second-order valence-corrected chi connectivity index (χ2v) is 6.15. The topological polar surface area (TPSA) is 18.5 Å². The van der Waals surface area contributed by atoms with Gasteiger partial charge in [0.05, 0.1) is 0 Å². The molecule has 2 nitrogen and oxygen atoms in total. The van der Waals surface area contributed by atoms with Crippen LogP contribution in [0.5, 0.6) is 0 Å². The molecule has 0 amide bonds. The summed E-state index contributed by atoms with van der Waals surface area (Å²) >= 11 is 0.826. The first-order valence-corrected chi connectivity index (χ1v) is 7.93. The molecule has 0 saturated heterocycles. The molecular formula is C10H4F17IO2. The summed E-state index contributed by atoms with van der Waals surface area (Å²) in [5.41, 5.74) is 0. The molecule has 0 rings (SSSR count). The molecule has 0 N–H and O–H groups in total. The average molecular weight is 606 g/mol. The van der Waals surface area contributed by atoms with E-state index in [4.69, 9.17) is 0 Å². The predicted octanol–water partition coefficient (Wildman–Crippen LogP) is 6.68. The molecule has 2 atom stereocenters. The minimum absolute atomic E-state index is 0.826. The van der Waals surface area contributed by atoms with Crippen molar-refractivity contribution < 1.29 is 84.1 Å². The van der Waals surface area contributed by atoms with Crippen LogP contribution in [0.15, 0.2) is 0 Å². The first-order chi connectivity index (χ1) is 12.7. The molecular weight excluding hydrogens is 602 g/mol. The van der Waals surface area contributed by atoms with Gasteiger partial charge in [-0.2, -0.15) is 70.2 Å². The van der Waals surface area contributed by atoms with Gasteiger partial charge in [0.2, 0.25) is 0 Å². The van der Waals surface area contributed by atoms with Crippen LogP contribution in [0.1, 0.15) is 6.42 Å². The maximum absolute atomic E-state index is 13.7. The normalized spacial score (nSPS) is 19.4. The van der Waals surface area contributed by atoms with Gasteiger partial charge < -0.3 is 0 Å². The van der Waals surface area contributed by atoms with E-state index in [0.717, 1.165) is 22.6 Å². The SMILES string of the molecule is FC(F)(F)C(F)(CCI)OC(F)(F)C(F)(OC(F)(F)C(F)(F)C(F)(F)F)C(F)(F)F. The van der Waals surface area contributed by atoms with Gasteiger partial charge >= 0.3 is 48.4 Å². The van der Waals surface area contributed by atoms with Crippen LogP contribution in [0.25, 0.3) is 0 Å². The van der Waals surface area contributed by atoms with Crippen molar-refractivity contribution in [1.29, 1.82) is 0 Å². The van der Waals surface area contributed by atoms with E-state index < -0.39 is 59.2 Å². The Balaban J connectivity index is 6.52. The third kappa shape index (κ3) is 5.26. The highest BCUT2D eigenvalue weighted by Crippen LogP contribution is 2.56. The summed E-state index contributed by atoms with van der Waals surface area (Å²) in [6.07, 6.45) is -39.6. The van der Waals surface area contributed by atoms with E-state index in [1.807, 2.05) is 0 Å². The van der Waals surface area contributed by atoms with Crippen LogP contribution < -0.4 is 0 Å². The second-order valence-electron chi connectivity index (χ2n) is 5.07. The summed E-state index contributed by atoms with van der Waals surface area (Å²) < 4.78 is 218.